The van der Waals surface area contributed by atoms with Crippen molar-refractivity contribution < 1.29 is 4.79 Å². The van der Waals surface area contributed by atoms with Gasteiger partial charge < -0.3 is 11.1 Å². The van der Waals surface area contributed by atoms with Crippen LogP contribution in [0, 0.1) is 5.92 Å². The lowest BCUT2D eigenvalue weighted by Gasteiger charge is -2.09. The van der Waals surface area contributed by atoms with Crippen LogP contribution in [0.15, 0.2) is 0 Å². The van der Waals surface area contributed by atoms with Gasteiger partial charge in [-0.15, -0.1) is 0 Å². The molecule has 0 aromatic heterocycles. The van der Waals surface area contributed by atoms with Crippen LogP contribution < -0.4 is 11.1 Å². The summed E-state index contributed by atoms with van der Waals surface area (Å²) in [6.07, 6.45) is 4.82. The molecular formula is C11H24N2O. The zero-order valence-corrected chi connectivity index (χ0v) is 9.51. The Balaban J connectivity index is 3.28. The molecule has 3 heteroatoms. The highest BCUT2D eigenvalue weighted by Gasteiger charge is 2.03. The number of carbonyl (C=O) groups is 1. The number of nitrogens with one attached hydrogen (secondary N) is 1. The van der Waals surface area contributed by atoms with Crippen molar-refractivity contribution in [1.29, 1.82) is 0 Å². The van der Waals surface area contributed by atoms with Gasteiger partial charge in [0.25, 0.3) is 0 Å². The van der Waals surface area contributed by atoms with Gasteiger partial charge in [-0.2, -0.15) is 0 Å². The molecule has 0 aliphatic rings. The molecule has 0 aromatic carbocycles. The van der Waals surface area contributed by atoms with Gasteiger partial charge in [0.15, 0.2) is 0 Å². The smallest absolute Gasteiger partial charge is 0.220 e. The summed E-state index contributed by atoms with van der Waals surface area (Å²) in [4.78, 5) is 11.3. The van der Waals surface area contributed by atoms with E-state index in [1.165, 1.54) is 0 Å². The second-order valence-electron chi connectivity index (χ2n) is 3.92. The van der Waals surface area contributed by atoms with Crippen LogP contribution in [-0.2, 0) is 4.79 Å². The van der Waals surface area contributed by atoms with Crippen molar-refractivity contribution in [3.63, 3.8) is 0 Å². The predicted molar refractivity (Wildman–Crippen MR) is 60.0 cm³/mol. The van der Waals surface area contributed by atoms with E-state index in [9.17, 15) is 4.79 Å². The molecule has 1 unspecified atom stereocenters. The summed E-state index contributed by atoms with van der Waals surface area (Å²) in [6, 6.07) is 0. The normalized spacial score (nSPS) is 12.5. The number of carbonyl (C=O) groups excluding carboxylic acids is 1. The zero-order valence-electron chi connectivity index (χ0n) is 9.51. The minimum atomic E-state index is 0.183. The van der Waals surface area contributed by atoms with Gasteiger partial charge in [0.2, 0.25) is 5.91 Å². The topological polar surface area (TPSA) is 55.1 Å². The lowest BCUT2D eigenvalue weighted by atomic mass is 10.1. The Morgan fingerprint density at radius 1 is 1.36 bits per heavy atom. The highest BCUT2D eigenvalue weighted by molar-refractivity contribution is 5.75. The maximum Gasteiger partial charge on any atom is 0.220 e. The standard InChI is InChI=1S/C11H24N2O/c1-3-10(2)9-13-11(14)7-5-4-6-8-12/h10H,3-9,12H2,1-2H3,(H,13,14). The molecule has 3 nitrogen and oxygen atoms in total. The Morgan fingerprint density at radius 2 is 2.07 bits per heavy atom. The maximum absolute atomic E-state index is 11.3. The van der Waals surface area contributed by atoms with Crippen LogP contribution in [-0.4, -0.2) is 19.0 Å². The molecule has 0 heterocycles. The molecule has 0 spiro atoms. The first kappa shape index (κ1) is 13.4. The molecule has 0 aliphatic heterocycles. The predicted octanol–water partition coefficient (Wildman–Crippen LogP) is 1.67. The minimum Gasteiger partial charge on any atom is -0.356 e. The van der Waals surface area contributed by atoms with E-state index in [0.717, 1.165) is 38.8 Å². The molecule has 0 aromatic rings. The average Bonchev–Trinajstić information content (AvgIpc) is 2.21. The number of amides is 1. The van der Waals surface area contributed by atoms with Crippen molar-refractivity contribution in [3.8, 4) is 0 Å². The average molecular weight is 200 g/mol. The number of hydrogen-bond acceptors (Lipinski definition) is 2. The highest BCUT2D eigenvalue weighted by atomic mass is 16.1. The molecule has 1 amide bonds. The fraction of sp³-hybridized carbons (Fsp3) is 0.909. The maximum atomic E-state index is 11.3. The third kappa shape index (κ3) is 8.05. The van der Waals surface area contributed by atoms with E-state index < -0.39 is 0 Å². The summed E-state index contributed by atoms with van der Waals surface area (Å²) >= 11 is 0. The molecule has 1 atom stereocenters. The number of nitrogens with two attached hydrogens (primary N) is 1. The number of unbranched alkanes of at least 4 members (excludes halogenated alkanes) is 2. The van der Waals surface area contributed by atoms with Gasteiger partial charge in [-0.25, -0.2) is 0 Å². The van der Waals surface area contributed by atoms with Gasteiger partial charge in [0.05, 0.1) is 0 Å². The third-order valence-corrected chi connectivity index (χ3v) is 2.45. The SMILES string of the molecule is CCC(C)CNC(=O)CCCCCN. The van der Waals surface area contributed by atoms with Crippen LogP contribution in [0.2, 0.25) is 0 Å². The van der Waals surface area contributed by atoms with Crippen molar-refractivity contribution in [2.75, 3.05) is 13.1 Å². The van der Waals surface area contributed by atoms with Crippen LogP contribution >= 0.6 is 0 Å². The van der Waals surface area contributed by atoms with Crippen molar-refractivity contribution in [3.05, 3.63) is 0 Å². The van der Waals surface area contributed by atoms with Crippen molar-refractivity contribution >= 4 is 5.91 Å². The highest BCUT2D eigenvalue weighted by Crippen LogP contribution is 2.00. The lowest BCUT2D eigenvalue weighted by Crippen LogP contribution is -2.27. The van der Waals surface area contributed by atoms with E-state index in [4.69, 9.17) is 5.73 Å². The van der Waals surface area contributed by atoms with Crippen LogP contribution in [0.1, 0.15) is 46.0 Å². The Bertz CT molecular complexity index is 148. The minimum absolute atomic E-state index is 0.183. The van der Waals surface area contributed by atoms with Gasteiger partial charge in [-0.3, -0.25) is 4.79 Å². The first-order valence-corrected chi connectivity index (χ1v) is 5.67. The molecule has 0 saturated heterocycles. The molecule has 84 valence electrons. The quantitative estimate of drug-likeness (QED) is 0.586. The van der Waals surface area contributed by atoms with E-state index in [1.807, 2.05) is 0 Å². The van der Waals surface area contributed by atoms with Crippen LogP contribution in [0.4, 0.5) is 0 Å². The molecule has 0 rings (SSSR count). The number of rotatable bonds is 8. The molecule has 0 saturated carbocycles. The van der Waals surface area contributed by atoms with Gasteiger partial charge in [0.1, 0.15) is 0 Å². The molecule has 0 radical (unpaired) electrons. The zero-order chi connectivity index (χ0) is 10.8. The Kier molecular flexibility index (Phi) is 8.64. The van der Waals surface area contributed by atoms with Crippen LogP contribution in [0.3, 0.4) is 0 Å². The summed E-state index contributed by atoms with van der Waals surface area (Å²) in [5.74, 6) is 0.769. The third-order valence-electron chi connectivity index (χ3n) is 2.45. The fourth-order valence-electron chi connectivity index (χ4n) is 1.13. The number of hydrogen-bond donors (Lipinski definition) is 2. The second-order valence-corrected chi connectivity index (χ2v) is 3.92. The van der Waals surface area contributed by atoms with E-state index >= 15 is 0 Å². The van der Waals surface area contributed by atoms with Gasteiger partial charge in [0, 0.05) is 13.0 Å². The molecule has 0 aliphatic carbocycles. The monoisotopic (exact) mass is 200 g/mol. The second kappa shape index (κ2) is 9.00. The molecule has 0 fully saturated rings. The van der Waals surface area contributed by atoms with Crippen molar-refractivity contribution in [2.45, 2.75) is 46.0 Å². The summed E-state index contributed by atoms with van der Waals surface area (Å²) in [7, 11) is 0. The van der Waals surface area contributed by atoms with E-state index in [2.05, 4.69) is 19.2 Å². The summed E-state index contributed by atoms with van der Waals surface area (Å²) in [6.45, 7) is 5.83. The van der Waals surface area contributed by atoms with Gasteiger partial charge in [-0.1, -0.05) is 26.7 Å². The summed E-state index contributed by atoms with van der Waals surface area (Å²) < 4.78 is 0. The van der Waals surface area contributed by atoms with Crippen LogP contribution in [0.5, 0.6) is 0 Å². The van der Waals surface area contributed by atoms with Crippen molar-refractivity contribution in [1.82, 2.24) is 5.32 Å². The molecular weight excluding hydrogens is 176 g/mol. The lowest BCUT2D eigenvalue weighted by molar-refractivity contribution is -0.121. The van der Waals surface area contributed by atoms with E-state index in [1.54, 1.807) is 0 Å². The Labute approximate surface area is 87.4 Å². The largest absolute Gasteiger partial charge is 0.356 e. The fourth-order valence-corrected chi connectivity index (χ4v) is 1.13. The molecule has 3 N–H and O–H groups in total. The summed E-state index contributed by atoms with van der Waals surface area (Å²) in [5.41, 5.74) is 5.36. The van der Waals surface area contributed by atoms with E-state index in [0.29, 0.717) is 12.3 Å². The molecule has 14 heavy (non-hydrogen) atoms. The first-order chi connectivity index (χ1) is 6.70. The van der Waals surface area contributed by atoms with Crippen molar-refractivity contribution in [2.24, 2.45) is 11.7 Å². The Morgan fingerprint density at radius 3 is 2.64 bits per heavy atom. The first-order valence-electron chi connectivity index (χ1n) is 5.67. The van der Waals surface area contributed by atoms with Gasteiger partial charge in [-0.05, 0) is 25.3 Å². The van der Waals surface area contributed by atoms with Gasteiger partial charge >= 0.3 is 0 Å². The van der Waals surface area contributed by atoms with E-state index in [-0.39, 0.29) is 5.91 Å². The van der Waals surface area contributed by atoms with Crippen LogP contribution in [0.25, 0.3) is 0 Å². The molecule has 0 bridgehead atoms. The Hall–Kier alpha value is -0.570. The summed E-state index contributed by atoms with van der Waals surface area (Å²) in [5, 5.41) is 2.94.